The van der Waals surface area contributed by atoms with Gasteiger partial charge in [0.25, 0.3) is 5.56 Å². The Hall–Kier alpha value is -2.21. The lowest BCUT2D eigenvalue weighted by atomic mass is 10.2. The number of hydrogen-bond donors (Lipinski definition) is 0. The molecule has 3 aromatic rings. The smallest absolute Gasteiger partial charge is 0.261 e. The average Bonchev–Trinajstić information content (AvgIpc) is 2.52. The molecule has 0 saturated heterocycles. The lowest BCUT2D eigenvalue weighted by molar-refractivity contribution is 0.282. The number of benzene rings is 2. The topological polar surface area (TPSA) is 44.1 Å². The fourth-order valence-corrected chi connectivity index (χ4v) is 2.47. The van der Waals surface area contributed by atoms with Crippen molar-refractivity contribution in [3.8, 4) is 5.75 Å². The third kappa shape index (κ3) is 3.01. The van der Waals surface area contributed by atoms with Crippen molar-refractivity contribution < 1.29 is 9.13 Å². The third-order valence-corrected chi connectivity index (χ3v) is 3.71. The van der Waals surface area contributed by atoms with Crippen LogP contribution in [-0.4, -0.2) is 16.2 Å². The summed E-state index contributed by atoms with van der Waals surface area (Å²) in [6.07, 6.45) is 1.48. The second-order valence-corrected chi connectivity index (χ2v) is 5.60. The Morgan fingerprint density at radius 1 is 1.23 bits per heavy atom. The number of rotatable bonds is 4. The van der Waals surface area contributed by atoms with Gasteiger partial charge in [-0.05, 0) is 30.3 Å². The molecule has 0 bridgehead atoms. The minimum Gasteiger partial charge on any atom is -0.489 e. The summed E-state index contributed by atoms with van der Waals surface area (Å²) in [5.41, 5.74) is 0.489. The fourth-order valence-electron chi connectivity index (χ4n) is 2.11. The lowest BCUT2D eigenvalue weighted by Crippen LogP contribution is -2.23. The molecule has 4 nitrogen and oxygen atoms in total. The molecule has 0 unspecified atom stereocenters. The predicted molar refractivity (Wildman–Crippen MR) is 85.6 cm³/mol. The van der Waals surface area contributed by atoms with Gasteiger partial charge in [-0.2, -0.15) is 0 Å². The molecule has 0 aliphatic carbocycles. The Morgan fingerprint density at radius 2 is 2.05 bits per heavy atom. The number of aromatic nitrogens is 2. The van der Waals surface area contributed by atoms with E-state index in [0.717, 1.165) is 4.47 Å². The highest BCUT2D eigenvalue weighted by Crippen LogP contribution is 2.16. The van der Waals surface area contributed by atoms with Gasteiger partial charge < -0.3 is 4.74 Å². The van der Waals surface area contributed by atoms with Crippen LogP contribution in [-0.2, 0) is 6.54 Å². The summed E-state index contributed by atoms with van der Waals surface area (Å²) < 4.78 is 21.1. The zero-order valence-corrected chi connectivity index (χ0v) is 13.1. The highest BCUT2D eigenvalue weighted by molar-refractivity contribution is 9.10. The fraction of sp³-hybridized carbons (Fsp3) is 0.125. The molecule has 0 atom stereocenters. The van der Waals surface area contributed by atoms with Crippen molar-refractivity contribution in [1.29, 1.82) is 0 Å². The van der Waals surface area contributed by atoms with Crippen molar-refractivity contribution in [3.05, 3.63) is 69.4 Å². The summed E-state index contributed by atoms with van der Waals surface area (Å²) in [6, 6.07) is 11.5. The van der Waals surface area contributed by atoms with Crippen LogP contribution >= 0.6 is 15.9 Å². The molecule has 1 heterocycles. The van der Waals surface area contributed by atoms with Crippen molar-refractivity contribution >= 4 is 26.8 Å². The molecule has 6 heteroatoms. The van der Waals surface area contributed by atoms with Crippen LogP contribution in [0, 0.1) is 5.82 Å². The van der Waals surface area contributed by atoms with E-state index in [1.165, 1.54) is 17.0 Å². The summed E-state index contributed by atoms with van der Waals surface area (Å²) in [7, 11) is 0. The van der Waals surface area contributed by atoms with Gasteiger partial charge in [-0.15, -0.1) is 0 Å². The van der Waals surface area contributed by atoms with E-state index in [2.05, 4.69) is 20.9 Å². The average molecular weight is 363 g/mol. The first-order valence-corrected chi connectivity index (χ1v) is 7.46. The second kappa shape index (κ2) is 6.27. The second-order valence-electron chi connectivity index (χ2n) is 4.68. The van der Waals surface area contributed by atoms with Gasteiger partial charge in [-0.25, -0.2) is 9.37 Å². The van der Waals surface area contributed by atoms with E-state index < -0.39 is 5.82 Å². The molecular formula is C16H12BrFN2O2. The van der Waals surface area contributed by atoms with Crippen LogP contribution < -0.4 is 10.3 Å². The Kier molecular flexibility index (Phi) is 4.20. The van der Waals surface area contributed by atoms with E-state index in [1.54, 1.807) is 30.3 Å². The highest BCUT2D eigenvalue weighted by Gasteiger charge is 2.06. The Balaban J connectivity index is 1.78. The molecule has 3 rings (SSSR count). The van der Waals surface area contributed by atoms with E-state index in [9.17, 15) is 9.18 Å². The molecule has 0 N–H and O–H groups in total. The normalized spacial score (nSPS) is 10.8. The first-order chi connectivity index (χ1) is 10.6. The summed E-state index contributed by atoms with van der Waals surface area (Å²) >= 11 is 3.34. The number of para-hydroxylation sites is 1. The minimum absolute atomic E-state index is 0.150. The van der Waals surface area contributed by atoms with Crippen molar-refractivity contribution in [2.75, 3.05) is 6.61 Å². The first-order valence-electron chi connectivity index (χ1n) is 6.67. The van der Waals surface area contributed by atoms with Crippen LogP contribution in [0.15, 0.2) is 58.1 Å². The Labute approximate surface area is 134 Å². The number of nitrogens with zero attached hydrogens (tertiary/aromatic N) is 2. The predicted octanol–water partition coefficient (Wildman–Crippen LogP) is 3.38. The van der Waals surface area contributed by atoms with Crippen molar-refractivity contribution in [2.45, 2.75) is 6.54 Å². The number of ether oxygens (including phenoxy) is 1. The maximum absolute atomic E-state index is 13.4. The van der Waals surface area contributed by atoms with Crippen molar-refractivity contribution in [3.63, 3.8) is 0 Å². The monoisotopic (exact) mass is 362 g/mol. The van der Waals surface area contributed by atoms with Crippen LogP contribution in [0.1, 0.15) is 0 Å². The lowest BCUT2D eigenvalue weighted by Gasteiger charge is -2.09. The Bertz CT molecular complexity index is 879. The number of halogens is 2. The van der Waals surface area contributed by atoms with Crippen LogP contribution in [0.5, 0.6) is 5.75 Å². The summed E-state index contributed by atoms with van der Waals surface area (Å²) in [4.78, 5) is 16.6. The molecule has 0 radical (unpaired) electrons. The summed E-state index contributed by atoms with van der Waals surface area (Å²) in [5, 5.41) is 0.530. The van der Waals surface area contributed by atoms with Gasteiger partial charge in [0.2, 0.25) is 0 Å². The molecule has 0 spiro atoms. The third-order valence-electron chi connectivity index (χ3n) is 3.21. The summed E-state index contributed by atoms with van der Waals surface area (Å²) in [5.74, 6) is -0.248. The highest BCUT2D eigenvalue weighted by atomic mass is 79.9. The van der Waals surface area contributed by atoms with E-state index >= 15 is 0 Å². The van der Waals surface area contributed by atoms with E-state index in [-0.39, 0.29) is 17.9 Å². The molecule has 0 saturated carbocycles. The molecule has 0 aliphatic heterocycles. The van der Waals surface area contributed by atoms with Crippen molar-refractivity contribution in [2.24, 2.45) is 0 Å². The maximum atomic E-state index is 13.4. The van der Waals surface area contributed by atoms with Gasteiger partial charge in [0.15, 0.2) is 11.6 Å². The molecule has 22 heavy (non-hydrogen) atoms. The molecule has 112 valence electrons. The van der Waals surface area contributed by atoms with Gasteiger partial charge in [0, 0.05) is 4.47 Å². The van der Waals surface area contributed by atoms with E-state index in [1.807, 2.05) is 6.07 Å². The number of fused-ring (bicyclic) bond motifs is 1. The minimum atomic E-state index is -0.421. The van der Waals surface area contributed by atoms with Gasteiger partial charge >= 0.3 is 0 Å². The standard InChI is InChI=1S/C16H12BrFN2O2/c17-11-5-6-14-12(9-11)16(21)20(10-19-14)7-8-22-15-4-2-1-3-13(15)18/h1-6,9-10H,7-8H2. The van der Waals surface area contributed by atoms with E-state index in [0.29, 0.717) is 17.4 Å². The zero-order valence-electron chi connectivity index (χ0n) is 11.5. The van der Waals surface area contributed by atoms with Gasteiger partial charge in [0.05, 0.1) is 23.8 Å². The van der Waals surface area contributed by atoms with Crippen LogP contribution in [0.25, 0.3) is 10.9 Å². The maximum Gasteiger partial charge on any atom is 0.261 e. The SMILES string of the molecule is O=c1c2cc(Br)ccc2ncn1CCOc1ccccc1F. The molecule has 0 aliphatic rings. The van der Waals surface area contributed by atoms with Crippen LogP contribution in [0.4, 0.5) is 4.39 Å². The van der Waals surface area contributed by atoms with Gasteiger partial charge in [-0.1, -0.05) is 28.1 Å². The van der Waals surface area contributed by atoms with Crippen LogP contribution in [0.3, 0.4) is 0 Å². The van der Waals surface area contributed by atoms with Gasteiger partial charge in [-0.3, -0.25) is 9.36 Å². The molecular weight excluding hydrogens is 351 g/mol. The van der Waals surface area contributed by atoms with Gasteiger partial charge in [0.1, 0.15) is 6.61 Å². The largest absolute Gasteiger partial charge is 0.489 e. The Morgan fingerprint density at radius 3 is 2.86 bits per heavy atom. The summed E-state index contributed by atoms with van der Waals surface area (Å²) in [6.45, 7) is 0.477. The first kappa shape index (κ1) is 14.7. The quantitative estimate of drug-likeness (QED) is 0.714. The van der Waals surface area contributed by atoms with Crippen molar-refractivity contribution in [1.82, 2.24) is 9.55 Å². The van der Waals surface area contributed by atoms with Crippen LogP contribution in [0.2, 0.25) is 0 Å². The molecule has 1 aromatic heterocycles. The molecule has 0 fully saturated rings. The molecule has 2 aromatic carbocycles. The number of hydrogen-bond acceptors (Lipinski definition) is 3. The van der Waals surface area contributed by atoms with E-state index in [4.69, 9.17) is 4.74 Å². The molecule has 0 amide bonds. The zero-order chi connectivity index (χ0) is 15.5.